The molecule has 0 radical (unpaired) electrons. The number of aryl methyl sites for hydroxylation is 9. The number of morpholine rings is 1. The third-order valence-electron chi connectivity index (χ3n) is 12.9. The smallest absolute Gasteiger partial charge is 0.180 e. The topological polar surface area (TPSA) is 126 Å². The summed E-state index contributed by atoms with van der Waals surface area (Å²) in [4.78, 5) is 28.4. The predicted octanol–water partition coefficient (Wildman–Crippen LogP) is 19.3. The molecule has 1 saturated heterocycles. The van der Waals surface area contributed by atoms with Crippen LogP contribution in [0.1, 0.15) is 41.7 Å². The number of thiazole rings is 1. The number of rotatable bonds is 6. The van der Waals surface area contributed by atoms with Crippen LogP contribution in [0.25, 0.3) is 70.8 Å². The Bertz CT molecular complexity index is 4090. The molecule has 0 atom stereocenters. The van der Waals surface area contributed by atoms with Crippen molar-refractivity contribution < 1.29 is 18.0 Å². The molecule has 1 aliphatic rings. The maximum absolute atomic E-state index is 5.60. The van der Waals surface area contributed by atoms with Gasteiger partial charge in [0.2, 0.25) is 0 Å². The van der Waals surface area contributed by atoms with Gasteiger partial charge in [-0.1, -0.05) is 36.4 Å². The fraction of sp³-hybridized carbons (Fsp3) is 0.191. The molecule has 15 rings (SSSR count). The summed E-state index contributed by atoms with van der Waals surface area (Å²) in [5, 5.41) is 9.99. The Morgan fingerprint density at radius 2 is 1.15 bits per heavy atom. The quantitative estimate of drug-likeness (QED) is 0.159. The van der Waals surface area contributed by atoms with E-state index < -0.39 is 0 Å². The van der Waals surface area contributed by atoms with Gasteiger partial charge in [0.25, 0.3) is 0 Å². The lowest BCUT2D eigenvalue weighted by molar-refractivity contribution is 0.123. The Labute approximate surface area is 517 Å². The third-order valence-corrected chi connectivity index (χ3v) is 17.8. The molecule has 0 saturated carbocycles. The summed E-state index contributed by atoms with van der Waals surface area (Å²) in [5.74, 6) is 3.65. The van der Waals surface area contributed by atoms with Crippen molar-refractivity contribution in [1.82, 2.24) is 34.1 Å². The number of anilines is 1. The van der Waals surface area contributed by atoms with Gasteiger partial charge < -0.3 is 27.3 Å². The van der Waals surface area contributed by atoms with Crippen LogP contribution in [0.15, 0.2) is 214 Å². The van der Waals surface area contributed by atoms with Gasteiger partial charge in [-0.05, 0) is 176 Å². The fourth-order valence-electron chi connectivity index (χ4n) is 8.53. The van der Waals surface area contributed by atoms with Crippen molar-refractivity contribution in [3.8, 4) is 54.2 Å². The lowest BCUT2D eigenvalue weighted by Crippen LogP contribution is -2.35. The highest BCUT2D eigenvalue weighted by Gasteiger charge is 2.12. The minimum absolute atomic E-state index is 0.872. The molecule has 0 amide bonds. The van der Waals surface area contributed by atoms with E-state index in [-0.39, 0.29) is 0 Å². The second-order valence-electron chi connectivity index (χ2n) is 19.6. The number of nitrogens with zero attached hydrogens (tertiary/aromatic N) is 8. The fourth-order valence-corrected chi connectivity index (χ4v) is 12.7. The Balaban J connectivity index is 0.000000120. The molecule has 14 aromatic rings. The number of fused-ring (bicyclic) bond motifs is 2. The molecule has 0 spiro atoms. The van der Waals surface area contributed by atoms with Crippen molar-refractivity contribution >= 4 is 78.2 Å². The van der Waals surface area contributed by atoms with E-state index in [0.717, 1.165) is 99.1 Å². The van der Waals surface area contributed by atoms with E-state index >= 15 is 0 Å². The van der Waals surface area contributed by atoms with Gasteiger partial charge in [-0.15, -0.1) is 56.7 Å². The van der Waals surface area contributed by atoms with Crippen LogP contribution in [-0.2, 0) is 11.8 Å². The van der Waals surface area contributed by atoms with E-state index in [1.54, 1.807) is 46.5 Å². The molecule has 0 unspecified atom stereocenters. The predicted molar refractivity (Wildman–Crippen MR) is 356 cm³/mol. The van der Waals surface area contributed by atoms with Gasteiger partial charge in [0.05, 0.1) is 61.8 Å². The highest BCUT2D eigenvalue weighted by molar-refractivity contribution is 7.16. The number of aromatic nitrogens is 7. The molecule has 1 fully saturated rings. The van der Waals surface area contributed by atoms with Crippen LogP contribution in [0.3, 0.4) is 0 Å². The number of ether oxygens (including phenoxy) is 1. The van der Waals surface area contributed by atoms with Gasteiger partial charge in [0.1, 0.15) is 35.0 Å². The lowest BCUT2D eigenvalue weighted by Gasteiger charge is -2.27. The summed E-state index contributed by atoms with van der Waals surface area (Å²) >= 11 is 8.99. The van der Waals surface area contributed by atoms with Gasteiger partial charge in [-0.2, -0.15) is 5.10 Å². The first-order valence-corrected chi connectivity index (χ1v) is 31.8. The second kappa shape index (κ2) is 30.5. The standard InChI is InChI=1S/C13H12N2O.C12H10N2O.C11H10S.C10H9NS.C9H13NOS.C9H9NS2.C4H5NO/c1-9-3-6-13(16-9)10-4-5-12-11(7-10)8-14-15(12)2;1-9-2-3-11(15-9)10-4-6-14-7-5-13-12(14)8-10;1-9-7-8-11(12-9)10-5-3-2-4-6-10;1-8-5-6-10(12-8)9-4-2-3-7-11-9;1-8-2-3-9(12-8)10-4-6-11-7-5-10;1-6-3-4-9(12-6)8-5-11-7(2)10-8;1-4-2-6-3-5-4/h3-8H,1-2H3;2-8H,1H3;2-8H,1H3;2-7H,1H3;2-3H,4-7H2,1H3;3-5H,1-2H3;2-3H,1H3. The zero-order valence-electron chi connectivity index (χ0n) is 49.1. The molecule has 0 bridgehead atoms. The summed E-state index contributed by atoms with van der Waals surface area (Å²) in [7, 11) is 1.94. The largest absolute Gasteiger partial charge is 0.461 e. The summed E-state index contributed by atoms with van der Waals surface area (Å²) in [5.41, 5.74) is 8.64. The van der Waals surface area contributed by atoms with Crippen molar-refractivity contribution in [2.75, 3.05) is 31.2 Å². The zero-order chi connectivity index (χ0) is 59.5. The van der Waals surface area contributed by atoms with Gasteiger partial charge in [0, 0.05) is 91.2 Å². The summed E-state index contributed by atoms with van der Waals surface area (Å²) in [6.07, 6.45) is 12.4. The lowest BCUT2D eigenvalue weighted by atomic mass is 10.1. The number of imidazole rings is 1. The van der Waals surface area contributed by atoms with Crippen molar-refractivity contribution in [3.05, 3.63) is 242 Å². The molecule has 85 heavy (non-hydrogen) atoms. The van der Waals surface area contributed by atoms with Gasteiger partial charge >= 0.3 is 0 Å². The van der Waals surface area contributed by atoms with E-state index in [9.17, 15) is 0 Å². The first-order valence-electron chi connectivity index (χ1n) is 27.6. The van der Waals surface area contributed by atoms with Crippen LogP contribution in [0.4, 0.5) is 5.00 Å². The third kappa shape index (κ3) is 18.1. The summed E-state index contributed by atoms with van der Waals surface area (Å²) in [6.45, 7) is 20.1. The number of benzene rings is 2. The Morgan fingerprint density at radius 3 is 1.69 bits per heavy atom. The molecular weight excluding hydrogens is 1150 g/mol. The van der Waals surface area contributed by atoms with Crippen LogP contribution in [-0.4, -0.2) is 60.4 Å². The molecule has 12 aromatic heterocycles. The van der Waals surface area contributed by atoms with Crippen LogP contribution in [0.5, 0.6) is 0 Å². The molecule has 434 valence electrons. The Morgan fingerprint density at radius 1 is 0.518 bits per heavy atom. The van der Waals surface area contributed by atoms with Gasteiger partial charge in [-0.25, -0.2) is 15.0 Å². The molecule has 17 heteroatoms. The Hall–Kier alpha value is -8.29. The van der Waals surface area contributed by atoms with Crippen LogP contribution in [0, 0.1) is 55.4 Å². The zero-order valence-corrected chi connectivity index (χ0v) is 53.2. The van der Waals surface area contributed by atoms with E-state index in [2.05, 4.69) is 158 Å². The van der Waals surface area contributed by atoms with Crippen molar-refractivity contribution in [2.24, 2.45) is 7.05 Å². The summed E-state index contributed by atoms with van der Waals surface area (Å²) < 4.78 is 24.9. The van der Waals surface area contributed by atoms with E-state index in [4.69, 9.17) is 13.6 Å². The number of pyridine rings is 2. The normalized spacial score (nSPS) is 11.6. The second-order valence-corrected chi connectivity index (χ2v) is 25.8. The maximum atomic E-state index is 5.60. The molecule has 12 nitrogen and oxygen atoms in total. The minimum atomic E-state index is 0.872. The summed E-state index contributed by atoms with van der Waals surface area (Å²) in [6, 6.07) is 51.8. The Kier molecular flexibility index (Phi) is 22.0. The van der Waals surface area contributed by atoms with Gasteiger partial charge in [-0.3, -0.25) is 9.67 Å². The SMILES string of the molecule is Cc1ccc(-c2ccc3c(cnn3C)c2)o1.Cc1ccc(-c2ccccc2)s1.Cc1ccc(-c2ccccn2)s1.Cc1ccc(-c2ccn3ccnc3c2)o1.Cc1ccc(-c2csc(C)n2)s1.Cc1ccc(N2CCOCC2)s1.Cc1cocn1. The van der Waals surface area contributed by atoms with Crippen LogP contribution < -0.4 is 4.90 Å². The molecule has 1 aliphatic heterocycles. The molecule has 2 aromatic carbocycles. The monoisotopic (exact) mass is 1220 g/mol. The van der Waals surface area contributed by atoms with Crippen molar-refractivity contribution in [3.63, 3.8) is 0 Å². The number of hydrogen-bond donors (Lipinski definition) is 0. The minimum Gasteiger partial charge on any atom is -0.461 e. The first kappa shape index (κ1) is 61.3. The van der Waals surface area contributed by atoms with Crippen LogP contribution in [0.2, 0.25) is 0 Å². The first-order chi connectivity index (χ1) is 41.3. The number of hydrogen-bond acceptors (Lipinski definition) is 15. The molecule has 13 heterocycles. The van der Waals surface area contributed by atoms with E-state index in [1.807, 2.05) is 152 Å². The number of oxazole rings is 1. The highest BCUT2D eigenvalue weighted by Crippen LogP contribution is 2.31. The van der Waals surface area contributed by atoms with E-state index in [0.29, 0.717) is 0 Å². The average molecular weight is 1220 g/mol. The molecular formula is C68H68N8O4S5. The van der Waals surface area contributed by atoms with Crippen molar-refractivity contribution in [1.29, 1.82) is 0 Å². The number of furan rings is 2. The molecule has 0 N–H and O–H groups in total. The highest BCUT2D eigenvalue weighted by atomic mass is 32.1. The number of thiophene rings is 4. The van der Waals surface area contributed by atoms with Gasteiger partial charge in [0.15, 0.2) is 6.39 Å². The van der Waals surface area contributed by atoms with E-state index in [1.165, 1.54) is 51.1 Å². The van der Waals surface area contributed by atoms with Crippen LogP contribution >= 0.6 is 56.7 Å². The molecule has 0 aliphatic carbocycles. The van der Waals surface area contributed by atoms with Crippen molar-refractivity contribution in [2.45, 2.75) is 55.4 Å². The average Bonchev–Trinajstić information content (AvgIpc) is 4.53. The maximum Gasteiger partial charge on any atom is 0.180 e.